The fourth-order valence-corrected chi connectivity index (χ4v) is 4.04. The monoisotopic (exact) mass is 464 g/mol. The molecule has 0 unspecified atom stereocenters. The van der Waals surface area contributed by atoms with Crippen LogP contribution in [0.5, 0.6) is 5.75 Å². The summed E-state index contributed by atoms with van der Waals surface area (Å²) in [6.45, 7) is 0. The molecule has 0 aliphatic rings. The maximum atomic E-state index is 10.9. The molecule has 0 bridgehead atoms. The van der Waals surface area contributed by atoms with Gasteiger partial charge in [-0.2, -0.15) is 0 Å². The molecule has 174 valence electrons. The van der Waals surface area contributed by atoms with Gasteiger partial charge in [0.05, 0.1) is 12.5 Å². The number of carboxylic acid groups (broad SMARTS) is 1. The Kier molecular flexibility index (Phi) is 6.13. The molecule has 0 fully saturated rings. The zero-order valence-corrected chi connectivity index (χ0v) is 19.0. The van der Waals surface area contributed by atoms with Gasteiger partial charge in [0.15, 0.2) is 0 Å². The average Bonchev–Trinajstić information content (AvgIpc) is 3.29. The van der Waals surface area contributed by atoms with Gasteiger partial charge in [-0.25, -0.2) is 9.97 Å². The van der Waals surface area contributed by atoms with Crippen molar-refractivity contribution in [1.82, 2.24) is 9.97 Å². The lowest BCUT2D eigenvalue weighted by Gasteiger charge is -2.10. The van der Waals surface area contributed by atoms with Crippen molar-refractivity contribution in [3.8, 4) is 28.2 Å². The molecule has 0 saturated carbocycles. The highest BCUT2D eigenvalue weighted by Gasteiger charge is 2.22. The molecule has 0 radical (unpaired) electrons. The number of methoxy groups -OCH3 is 1. The van der Waals surface area contributed by atoms with E-state index in [1.54, 1.807) is 7.11 Å². The van der Waals surface area contributed by atoms with E-state index in [1.807, 2.05) is 78.9 Å². The lowest BCUT2D eigenvalue weighted by molar-refractivity contribution is -0.305. The van der Waals surface area contributed by atoms with E-state index in [2.05, 4.69) is 15.3 Å². The molecule has 0 atom stereocenters. The zero-order chi connectivity index (χ0) is 24.2. The first kappa shape index (κ1) is 22.2. The molecule has 2 aromatic heterocycles. The van der Waals surface area contributed by atoms with Gasteiger partial charge in [-0.15, -0.1) is 0 Å². The molecular formula is C28H22N3O4-. The van der Waals surface area contributed by atoms with Crippen molar-refractivity contribution < 1.29 is 19.1 Å². The van der Waals surface area contributed by atoms with Gasteiger partial charge < -0.3 is 24.4 Å². The average molecular weight is 465 g/mol. The number of anilines is 2. The first-order chi connectivity index (χ1) is 17.1. The molecule has 7 heteroatoms. The normalized spacial score (nSPS) is 10.9. The maximum Gasteiger partial charge on any atom is 0.232 e. The molecule has 3 aromatic carbocycles. The lowest BCUT2D eigenvalue weighted by Crippen LogP contribution is -2.22. The van der Waals surface area contributed by atoms with Crippen LogP contribution in [-0.4, -0.2) is 23.0 Å². The summed E-state index contributed by atoms with van der Waals surface area (Å²) in [7, 11) is 1.63. The van der Waals surface area contributed by atoms with E-state index in [0.29, 0.717) is 23.7 Å². The molecule has 5 aromatic rings. The highest BCUT2D eigenvalue weighted by Crippen LogP contribution is 2.43. The van der Waals surface area contributed by atoms with Crippen molar-refractivity contribution in [3.05, 3.63) is 90.8 Å². The summed E-state index contributed by atoms with van der Waals surface area (Å²) >= 11 is 0. The van der Waals surface area contributed by atoms with Gasteiger partial charge in [-0.3, -0.25) is 0 Å². The third-order valence-corrected chi connectivity index (χ3v) is 5.71. The number of carbonyl (C=O) groups is 1. The summed E-state index contributed by atoms with van der Waals surface area (Å²) in [4.78, 5) is 19.8. The van der Waals surface area contributed by atoms with Crippen LogP contribution >= 0.6 is 0 Å². The van der Waals surface area contributed by atoms with E-state index < -0.39 is 5.97 Å². The number of nitrogens with zero attached hydrogens (tertiary/aromatic N) is 2. The summed E-state index contributed by atoms with van der Waals surface area (Å²) in [6, 6.07) is 25.2. The van der Waals surface area contributed by atoms with Gasteiger partial charge in [-0.1, -0.05) is 54.6 Å². The topological polar surface area (TPSA) is 100 Å². The Labute approximate surface area is 202 Å². The quantitative estimate of drug-likeness (QED) is 0.345. The molecular weight excluding hydrogens is 442 g/mol. The van der Waals surface area contributed by atoms with E-state index in [4.69, 9.17) is 9.15 Å². The molecule has 1 N–H and O–H groups in total. The van der Waals surface area contributed by atoms with Crippen molar-refractivity contribution in [1.29, 1.82) is 0 Å². The van der Waals surface area contributed by atoms with Crippen LogP contribution in [0.1, 0.15) is 12.0 Å². The molecule has 7 nitrogen and oxygen atoms in total. The van der Waals surface area contributed by atoms with Crippen LogP contribution in [0.25, 0.3) is 33.6 Å². The molecule has 0 amide bonds. The smallest absolute Gasteiger partial charge is 0.232 e. The van der Waals surface area contributed by atoms with Crippen LogP contribution in [0.3, 0.4) is 0 Å². The summed E-state index contributed by atoms with van der Waals surface area (Å²) in [5, 5.41) is 15.0. The second-order valence-corrected chi connectivity index (χ2v) is 8.00. The minimum absolute atomic E-state index is 0.0367. The van der Waals surface area contributed by atoms with E-state index in [1.165, 1.54) is 6.33 Å². The number of aromatic nitrogens is 2. The number of rotatable bonds is 8. The third kappa shape index (κ3) is 4.70. The first-order valence-corrected chi connectivity index (χ1v) is 11.2. The van der Waals surface area contributed by atoms with Crippen LogP contribution in [0.2, 0.25) is 0 Å². The van der Waals surface area contributed by atoms with Crippen LogP contribution in [0.15, 0.2) is 89.6 Å². The number of ether oxygens (including phenoxy) is 1. The zero-order valence-electron chi connectivity index (χ0n) is 19.0. The van der Waals surface area contributed by atoms with Crippen LogP contribution in [-0.2, 0) is 11.2 Å². The van der Waals surface area contributed by atoms with Gasteiger partial charge >= 0.3 is 0 Å². The summed E-state index contributed by atoms with van der Waals surface area (Å²) in [5.41, 5.74) is 4.85. The maximum absolute atomic E-state index is 10.9. The van der Waals surface area contributed by atoms with Crippen molar-refractivity contribution in [2.45, 2.75) is 12.8 Å². The van der Waals surface area contributed by atoms with Crippen LogP contribution in [0.4, 0.5) is 11.5 Å². The van der Waals surface area contributed by atoms with Gasteiger partial charge in [0.2, 0.25) is 5.71 Å². The van der Waals surface area contributed by atoms with E-state index in [-0.39, 0.29) is 6.42 Å². The fraction of sp³-hybridized carbons (Fsp3) is 0.107. The van der Waals surface area contributed by atoms with Crippen molar-refractivity contribution >= 4 is 28.6 Å². The molecule has 0 spiro atoms. The molecule has 5 rings (SSSR count). The van der Waals surface area contributed by atoms with E-state index in [9.17, 15) is 9.90 Å². The number of aliphatic carboxylic acids is 1. The Morgan fingerprint density at radius 3 is 2.51 bits per heavy atom. The minimum atomic E-state index is -1.07. The highest BCUT2D eigenvalue weighted by molar-refractivity contribution is 6.06. The number of benzene rings is 3. The van der Waals surface area contributed by atoms with Crippen molar-refractivity contribution in [2.75, 3.05) is 12.4 Å². The van der Waals surface area contributed by atoms with E-state index in [0.717, 1.165) is 39.1 Å². The first-order valence-electron chi connectivity index (χ1n) is 11.2. The van der Waals surface area contributed by atoms with Gasteiger partial charge in [-0.05, 0) is 48.2 Å². The Bertz CT molecular complexity index is 1480. The number of hydrogen-bond acceptors (Lipinski definition) is 7. The lowest BCUT2D eigenvalue weighted by atomic mass is 9.99. The second kappa shape index (κ2) is 9.69. The number of fused-ring (bicyclic) bond motifs is 1. The van der Waals surface area contributed by atoms with Gasteiger partial charge in [0.25, 0.3) is 0 Å². The van der Waals surface area contributed by atoms with E-state index >= 15 is 0 Å². The van der Waals surface area contributed by atoms with Crippen molar-refractivity contribution in [2.24, 2.45) is 0 Å². The summed E-state index contributed by atoms with van der Waals surface area (Å²) < 4.78 is 11.6. The molecule has 0 saturated heterocycles. The molecule has 0 aliphatic heterocycles. The fourth-order valence-electron chi connectivity index (χ4n) is 4.04. The largest absolute Gasteiger partial charge is 0.550 e. The molecule has 35 heavy (non-hydrogen) atoms. The predicted octanol–water partition coefficient (Wildman–Crippen LogP) is 4.99. The molecule has 0 aliphatic carbocycles. The SMILES string of the molecule is COc1ccc(-c2c(-c3ccccc3)oc3ncnc(Nc4cccc(CCC(=O)[O-])c4)c23)cc1. The Hall–Kier alpha value is -4.65. The number of nitrogens with one attached hydrogen (secondary N) is 1. The second-order valence-electron chi connectivity index (χ2n) is 8.00. The highest BCUT2D eigenvalue weighted by atomic mass is 16.5. The molecule has 2 heterocycles. The summed E-state index contributed by atoms with van der Waals surface area (Å²) in [6.07, 6.45) is 1.81. The minimum Gasteiger partial charge on any atom is -0.550 e. The number of carbonyl (C=O) groups excluding carboxylic acids is 1. The Balaban J connectivity index is 1.64. The standard InChI is InChI=1S/C28H23N3O4/c1-34-22-13-11-19(12-14-22)24-25-27(31-21-9-5-6-18(16-21)10-15-23(32)33)29-17-30-28(25)35-26(24)20-7-3-2-4-8-20/h2-9,11-14,16-17H,10,15H2,1H3,(H,32,33)(H,29,30,31)/p-1. The van der Waals surface area contributed by atoms with Crippen LogP contribution < -0.4 is 15.2 Å². The number of aryl methyl sites for hydroxylation is 1. The van der Waals surface area contributed by atoms with Crippen LogP contribution in [0, 0.1) is 0 Å². The Morgan fingerprint density at radius 2 is 1.77 bits per heavy atom. The van der Waals surface area contributed by atoms with Crippen molar-refractivity contribution in [3.63, 3.8) is 0 Å². The number of carboxylic acids is 1. The number of hydrogen-bond donors (Lipinski definition) is 1. The number of furan rings is 1. The van der Waals surface area contributed by atoms with Gasteiger partial charge in [0, 0.05) is 22.8 Å². The predicted molar refractivity (Wildman–Crippen MR) is 132 cm³/mol. The third-order valence-electron chi connectivity index (χ3n) is 5.71. The Morgan fingerprint density at radius 1 is 0.971 bits per heavy atom. The summed E-state index contributed by atoms with van der Waals surface area (Å²) in [5.74, 6) is 0.962. The van der Waals surface area contributed by atoms with Gasteiger partial charge in [0.1, 0.15) is 23.7 Å².